The van der Waals surface area contributed by atoms with E-state index in [-0.39, 0.29) is 0 Å². The van der Waals surface area contributed by atoms with Gasteiger partial charge in [0.2, 0.25) is 0 Å². The number of aromatic nitrogens is 3. The fraction of sp³-hybridized carbons (Fsp3) is 0.500. The Morgan fingerprint density at radius 3 is 2.49 bits per heavy atom. The number of piperidine rings is 2. The lowest BCUT2D eigenvalue weighted by atomic mass is 9.93. The summed E-state index contributed by atoms with van der Waals surface area (Å²) in [5.41, 5.74) is 4.31. The number of rotatable bonds is 12. The molecule has 2 N–H and O–H groups in total. The molecule has 2 fully saturated rings. The van der Waals surface area contributed by atoms with E-state index >= 15 is 0 Å². The minimum atomic E-state index is 0.743. The van der Waals surface area contributed by atoms with Gasteiger partial charge < -0.3 is 25.0 Å². The van der Waals surface area contributed by atoms with Crippen LogP contribution in [0.15, 0.2) is 62.1 Å². The van der Waals surface area contributed by atoms with Gasteiger partial charge in [-0.15, -0.1) is 6.58 Å². The van der Waals surface area contributed by atoms with E-state index in [2.05, 4.69) is 85.4 Å². The van der Waals surface area contributed by atoms with Gasteiger partial charge in [0, 0.05) is 50.1 Å². The van der Waals surface area contributed by atoms with Crippen molar-refractivity contribution < 1.29 is 0 Å². The first-order valence-corrected chi connectivity index (χ1v) is 14.8. The number of anilines is 2. The third kappa shape index (κ3) is 6.64. The summed E-state index contributed by atoms with van der Waals surface area (Å²) in [6.07, 6.45) is 12.8. The van der Waals surface area contributed by atoms with E-state index in [4.69, 9.17) is 0 Å². The zero-order valence-corrected chi connectivity index (χ0v) is 23.6. The van der Waals surface area contributed by atoms with E-state index in [1.807, 2.05) is 12.3 Å². The van der Waals surface area contributed by atoms with Gasteiger partial charge >= 0.3 is 0 Å². The van der Waals surface area contributed by atoms with Crippen LogP contribution in [-0.2, 0) is 0 Å². The molecule has 2 aliphatic rings. The topological polar surface area (TPSA) is 63.3 Å². The largest absolute Gasteiger partial charge is 0.385 e. The second-order valence-electron chi connectivity index (χ2n) is 11.1. The summed E-state index contributed by atoms with van der Waals surface area (Å²) in [7, 11) is 0. The first kappa shape index (κ1) is 27.3. The number of nitrogens with one attached hydrogen (secondary N) is 2. The molecule has 5 rings (SSSR count). The van der Waals surface area contributed by atoms with Gasteiger partial charge in [-0.3, -0.25) is 0 Å². The molecule has 2 aliphatic heterocycles. The quantitative estimate of drug-likeness (QED) is 0.276. The highest BCUT2D eigenvalue weighted by molar-refractivity contribution is 5.92. The third-order valence-electron chi connectivity index (χ3n) is 8.51. The van der Waals surface area contributed by atoms with Gasteiger partial charge in [0.25, 0.3) is 0 Å². The maximum absolute atomic E-state index is 4.65. The fourth-order valence-corrected chi connectivity index (χ4v) is 6.16. The van der Waals surface area contributed by atoms with Crippen molar-refractivity contribution in [2.45, 2.75) is 51.5 Å². The summed E-state index contributed by atoms with van der Waals surface area (Å²) in [6, 6.07) is 11.7. The van der Waals surface area contributed by atoms with Gasteiger partial charge in [-0.1, -0.05) is 31.7 Å². The van der Waals surface area contributed by atoms with Crippen molar-refractivity contribution in [2.24, 2.45) is 5.92 Å². The number of aromatic amines is 1. The van der Waals surface area contributed by atoms with Gasteiger partial charge in [0.1, 0.15) is 17.8 Å². The Kier molecular flexibility index (Phi) is 9.19. The Morgan fingerprint density at radius 1 is 1.03 bits per heavy atom. The van der Waals surface area contributed by atoms with Crippen molar-refractivity contribution in [2.75, 3.05) is 56.0 Å². The van der Waals surface area contributed by atoms with Gasteiger partial charge in [0.05, 0.1) is 5.39 Å². The lowest BCUT2D eigenvalue weighted by Crippen LogP contribution is -2.47. The van der Waals surface area contributed by atoms with Crippen LogP contribution in [0, 0.1) is 5.92 Å². The molecule has 0 amide bonds. The molecule has 0 spiro atoms. The van der Waals surface area contributed by atoms with Crippen LogP contribution < -0.4 is 10.2 Å². The monoisotopic (exact) mass is 527 g/mol. The number of H-pyrrole nitrogens is 1. The van der Waals surface area contributed by atoms with Gasteiger partial charge in [-0.2, -0.15) is 0 Å². The van der Waals surface area contributed by atoms with Crippen molar-refractivity contribution in [3.8, 4) is 11.3 Å². The molecule has 208 valence electrons. The normalized spacial score (nSPS) is 17.4. The van der Waals surface area contributed by atoms with Crippen LogP contribution in [0.1, 0.15) is 45.4 Å². The van der Waals surface area contributed by atoms with Crippen LogP contribution >= 0.6 is 0 Å². The highest BCUT2D eigenvalue weighted by atomic mass is 15.2. The van der Waals surface area contributed by atoms with Crippen molar-refractivity contribution in [1.29, 1.82) is 0 Å². The lowest BCUT2D eigenvalue weighted by Gasteiger charge is -2.41. The minimum Gasteiger partial charge on any atom is -0.385 e. The summed E-state index contributed by atoms with van der Waals surface area (Å²) in [6.45, 7) is 17.7. The second kappa shape index (κ2) is 13.2. The second-order valence-corrected chi connectivity index (χ2v) is 11.1. The van der Waals surface area contributed by atoms with Crippen LogP contribution in [-0.4, -0.2) is 76.6 Å². The van der Waals surface area contributed by atoms with E-state index < -0.39 is 0 Å². The molecule has 0 aliphatic carbocycles. The van der Waals surface area contributed by atoms with Crippen LogP contribution in [0.2, 0.25) is 0 Å². The van der Waals surface area contributed by atoms with E-state index in [0.29, 0.717) is 0 Å². The summed E-state index contributed by atoms with van der Waals surface area (Å²) in [4.78, 5) is 20.1. The summed E-state index contributed by atoms with van der Waals surface area (Å²) in [5.74, 6) is 1.74. The molecule has 1 aromatic carbocycles. The Balaban J connectivity index is 1.16. The predicted molar refractivity (Wildman–Crippen MR) is 164 cm³/mol. The molecule has 2 saturated heterocycles. The van der Waals surface area contributed by atoms with Crippen LogP contribution in [0.4, 0.5) is 11.5 Å². The van der Waals surface area contributed by atoms with Crippen molar-refractivity contribution in [1.82, 2.24) is 24.8 Å². The zero-order valence-electron chi connectivity index (χ0n) is 23.6. The summed E-state index contributed by atoms with van der Waals surface area (Å²) >= 11 is 0. The fourth-order valence-electron chi connectivity index (χ4n) is 6.16. The van der Waals surface area contributed by atoms with E-state index in [9.17, 15) is 0 Å². The molecule has 0 atom stereocenters. The van der Waals surface area contributed by atoms with Crippen LogP contribution in [0.25, 0.3) is 22.3 Å². The molecular formula is C32H45N7. The molecule has 0 radical (unpaired) electrons. The van der Waals surface area contributed by atoms with Crippen molar-refractivity contribution in [3.05, 3.63) is 62.1 Å². The number of benzene rings is 1. The molecule has 0 saturated carbocycles. The number of hydrogen-bond acceptors (Lipinski definition) is 6. The smallest absolute Gasteiger partial charge is 0.143 e. The molecule has 4 heterocycles. The van der Waals surface area contributed by atoms with Gasteiger partial charge in [-0.25, -0.2) is 9.97 Å². The van der Waals surface area contributed by atoms with Gasteiger partial charge in [-0.05, 0) is 87.5 Å². The molecule has 39 heavy (non-hydrogen) atoms. The first-order chi connectivity index (χ1) is 19.2. The average molecular weight is 528 g/mol. The first-order valence-electron chi connectivity index (χ1n) is 14.8. The van der Waals surface area contributed by atoms with Crippen molar-refractivity contribution in [3.63, 3.8) is 0 Å². The molecule has 2 aromatic heterocycles. The Hall–Kier alpha value is -3.32. The Labute approximate surface area is 234 Å². The molecule has 7 heteroatoms. The van der Waals surface area contributed by atoms with Gasteiger partial charge in [0.15, 0.2) is 0 Å². The average Bonchev–Trinajstić information content (AvgIpc) is 3.44. The van der Waals surface area contributed by atoms with E-state index in [1.165, 1.54) is 44.5 Å². The highest BCUT2D eigenvalue weighted by Gasteiger charge is 2.27. The number of hydrogen-bond donors (Lipinski definition) is 2. The number of fused-ring (bicyclic) bond motifs is 1. The maximum atomic E-state index is 4.65. The number of nitrogens with zero attached hydrogens (tertiary/aromatic N) is 5. The Bertz CT molecular complexity index is 1200. The standard InChI is InChI=1S/C32H45N7/c1-4-7-17-39(16-5-2)32-29-22-30(36-31(29)34-24-35-32)26-8-10-27(11-9-26)33-23-25-12-20-38(21-13-25)28-14-18-37(6-3)19-15-28/h4,6,8-11,22,24-25,28,33H,1,3,5,7,12-21,23H2,2H3,(H,34,35,36). The van der Waals surface area contributed by atoms with E-state index in [1.54, 1.807) is 6.33 Å². The molecule has 0 unspecified atom stereocenters. The maximum Gasteiger partial charge on any atom is 0.143 e. The Morgan fingerprint density at radius 2 is 1.79 bits per heavy atom. The highest BCUT2D eigenvalue weighted by Crippen LogP contribution is 2.30. The molecule has 0 bridgehead atoms. The SMILES string of the molecule is C=CCCN(CCC)c1ncnc2[nH]c(-c3ccc(NCC4CCN(C5CCN(C=C)CC5)CC4)cc3)cc12. The molecular weight excluding hydrogens is 482 g/mol. The summed E-state index contributed by atoms with van der Waals surface area (Å²) in [5, 5.41) is 4.78. The van der Waals surface area contributed by atoms with Crippen LogP contribution in [0.3, 0.4) is 0 Å². The third-order valence-corrected chi connectivity index (χ3v) is 8.51. The minimum absolute atomic E-state index is 0.743. The summed E-state index contributed by atoms with van der Waals surface area (Å²) < 4.78 is 0. The predicted octanol–water partition coefficient (Wildman–Crippen LogP) is 6.15. The van der Waals surface area contributed by atoms with E-state index in [0.717, 1.165) is 85.6 Å². The molecule has 3 aromatic rings. The lowest BCUT2D eigenvalue weighted by molar-refractivity contribution is 0.0929. The zero-order chi connectivity index (χ0) is 27.0. The van der Waals surface area contributed by atoms with Crippen LogP contribution in [0.5, 0.6) is 0 Å². The molecule has 7 nitrogen and oxygen atoms in total. The van der Waals surface area contributed by atoms with Crippen molar-refractivity contribution >= 4 is 22.5 Å². The number of likely N-dealkylation sites (tertiary alicyclic amines) is 2.